The zero-order valence-corrected chi connectivity index (χ0v) is 22.6. The van der Waals surface area contributed by atoms with E-state index in [-0.39, 0.29) is 24.2 Å². The van der Waals surface area contributed by atoms with E-state index < -0.39 is 11.7 Å². The number of anilines is 4. The van der Waals surface area contributed by atoms with Crippen LogP contribution < -0.4 is 15.5 Å². The van der Waals surface area contributed by atoms with Gasteiger partial charge in [-0.1, -0.05) is 6.42 Å². The monoisotopic (exact) mass is 545 g/mol. The molecule has 5 rings (SSSR count). The first-order valence-electron chi connectivity index (χ1n) is 14.1. The number of nitrogens with zero attached hydrogens (tertiary/aromatic N) is 5. The van der Waals surface area contributed by atoms with Gasteiger partial charge in [0, 0.05) is 69.8 Å². The number of nitrogens with one attached hydrogen (secondary N) is 2. The molecule has 0 spiro atoms. The van der Waals surface area contributed by atoms with Crippen molar-refractivity contribution >= 4 is 29.0 Å². The van der Waals surface area contributed by atoms with Crippen LogP contribution in [0.4, 0.5) is 36.3 Å². The molecular weight excluding hydrogens is 507 g/mol. The second-order valence-corrected chi connectivity index (χ2v) is 10.9. The number of hydrogen-bond donors (Lipinski definition) is 2. The molecule has 2 saturated heterocycles. The third-order valence-corrected chi connectivity index (χ3v) is 7.83. The van der Waals surface area contributed by atoms with Gasteiger partial charge in [0.15, 0.2) is 0 Å². The maximum absolute atomic E-state index is 13.7. The van der Waals surface area contributed by atoms with E-state index in [1.165, 1.54) is 5.69 Å². The van der Waals surface area contributed by atoms with Crippen molar-refractivity contribution in [1.82, 2.24) is 19.8 Å². The van der Waals surface area contributed by atoms with Crippen molar-refractivity contribution in [3.05, 3.63) is 35.5 Å². The van der Waals surface area contributed by atoms with Gasteiger partial charge in [-0.25, -0.2) is 4.98 Å². The molecule has 1 amide bonds. The summed E-state index contributed by atoms with van der Waals surface area (Å²) in [7, 11) is 2.13. The zero-order valence-electron chi connectivity index (χ0n) is 22.6. The van der Waals surface area contributed by atoms with Gasteiger partial charge in [0.25, 0.3) is 0 Å². The Morgan fingerprint density at radius 3 is 2.59 bits per heavy atom. The molecule has 212 valence electrons. The van der Waals surface area contributed by atoms with Gasteiger partial charge in [-0.3, -0.25) is 4.79 Å². The predicted molar refractivity (Wildman–Crippen MR) is 147 cm³/mol. The summed E-state index contributed by atoms with van der Waals surface area (Å²) in [6.07, 6.45) is 2.45. The normalized spacial score (nSPS) is 19.2. The predicted octanol–water partition coefficient (Wildman–Crippen LogP) is 5.07. The molecule has 2 N–H and O–H groups in total. The second-order valence-electron chi connectivity index (χ2n) is 10.9. The number of carbonyl (C=O) groups is 1. The summed E-state index contributed by atoms with van der Waals surface area (Å²) < 4.78 is 41.2. The maximum Gasteiger partial charge on any atom is 0.421 e. The van der Waals surface area contributed by atoms with Crippen LogP contribution in [-0.2, 0) is 11.0 Å². The number of rotatable bonds is 9. The minimum absolute atomic E-state index is 0.127. The van der Waals surface area contributed by atoms with Gasteiger partial charge in [-0.05, 0) is 68.8 Å². The number of aromatic nitrogens is 2. The summed E-state index contributed by atoms with van der Waals surface area (Å²) in [4.78, 5) is 27.0. The van der Waals surface area contributed by atoms with E-state index in [1.807, 2.05) is 11.0 Å². The number of likely N-dealkylation sites (N-methyl/N-ethyl adjacent to an activating group) is 1. The Hall–Kier alpha value is -3.08. The van der Waals surface area contributed by atoms with E-state index in [4.69, 9.17) is 0 Å². The third-order valence-electron chi connectivity index (χ3n) is 7.83. The summed E-state index contributed by atoms with van der Waals surface area (Å²) in [6.45, 7) is 5.48. The Bertz CT molecular complexity index is 1150. The summed E-state index contributed by atoms with van der Waals surface area (Å²) in [5, 5.41) is 6.06. The fourth-order valence-corrected chi connectivity index (χ4v) is 5.31. The number of benzene rings is 1. The van der Waals surface area contributed by atoms with E-state index in [0.29, 0.717) is 31.8 Å². The molecule has 1 aromatic heterocycles. The van der Waals surface area contributed by atoms with Crippen molar-refractivity contribution in [3.8, 4) is 0 Å². The molecule has 39 heavy (non-hydrogen) atoms. The van der Waals surface area contributed by atoms with Gasteiger partial charge in [-0.15, -0.1) is 0 Å². The first kappa shape index (κ1) is 27.5. The molecule has 0 radical (unpaired) electrons. The molecule has 3 heterocycles. The van der Waals surface area contributed by atoms with Crippen LogP contribution >= 0.6 is 0 Å². The van der Waals surface area contributed by atoms with Crippen molar-refractivity contribution in [2.75, 3.05) is 68.4 Å². The smallest absolute Gasteiger partial charge is 0.369 e. The highest BCUT2D eigenvalue weighted by Crippen LogP contribution is 2.45. The Labute approximate surface area is 228 Å². The molecule has 1 aromatic carbocycles. The van der Waals surface area contributed by atoms with Gasteiger partial charge < -0.3 is 25.3 Å². The Morgan fingerprint density at radius 1 is 1.05 bits per heavy atom. The minimum atomic E-state index is -4.58. The average Bonchev–Trinajstić information content (AvgIpc) is 3.76. The van der Waals surface area contributed by atoms with Crippen LogP contribution in [0.3, 0.4) is 0 Å². The topological polar surface area (TPSA) is 76.6 Å². The molecule has 0 atom stereocenters. The second kappa shape index (κ2) is 12.0. The Kier molecular flexibility index (Phi) is 8.44. The maximum atomic E-state index is 13.7. The van der Waals surface area contributed by atoms with Crippen LogP contribution in [0.1, 0.15) is 62.0 Å². The number of likely N-dealkylation sites (tertiary alicyclic amines) is 1. The zero-order chi connectivity index (χ0) is 27.4. The molecule has 2 aromatic rings. The average molecular weight is 546 g/mol. The number of halogens is 3. The fraction of sp³-hybridized carbons (Fsp3) is 0.607. The molecule has 11 heteroatoms. The van der Waals surface area contributed by atoms with E-state index >= 15 is 0 Å². The van der Waals surface area contributed by atoms with E-state index in [1.54, 1.807) is 0 Å². The van der Waals surface area contributed by atoms with Gasteiger partial charge in [0.1, 0.15) is 11.4 Å². The molecule has 3 fully saturated rings. The van der Waals surface area contributed by atoms with Gasteiger partial charge in [0.2, 0.25) is 11.9 Å². The van der Waals surface area contributed by atoms with Crippen LogP contribution in [-0.4, -0.2) is 78.5 Å². The van der Waals surface area contributed by atoms with E-state index in [9.17, 15) is 18.0 Å². The Balaban J connectivity index is 1.28. The lowest BCUT2D eigenvalue weighted by Crippen LogP contribution is -2.44. The van der Waals surface area contributed by atoms with Crippen molar-refractivity contribution < 1.29 is 18.0 Å². The van der Waals surface area contributed by atoms with Crippen LogP contribution in [0.2, 0.25) is 0 Å². The van der Waals surface area contributed by atoms with E-state index in [2.05, 4.69) is 49.6 Å². The summed E-state index contributed by atoms with van der Waals surface area (Å²) in [5.41, 5.74) is 2.27. The van der Waals surface area contributed by atoms with Crippen LogP contribution in [0, 0.1) is 0 Å². The number of carbonyl (C=O) groups excluding carboxylic acids is 1. The minimum Gasteiger partial charge on any atom is -0.369 e. The summed E-state index contributed by atoms with van der Waals surface area (Å²) >= 11 is 0. The van der Waals surface area contributed by atoms with Crippen molar-refractivity contribution in [1.29, 1.82) is 0 Å². The molecule has 8 nitrogen and oxygen atoms in total. The standard InChI is InChI=1S/C28H38F3N7O/c1-36-14-16-37(17-15-36)21-9-10-24(22(18-21)20-7-8-20)34-27-33-19-23(28(29,30)31)26(35-27)32-11-5-13-38-12-4-2-3-6-25(38)39/h9-10,18-20H,2-8,11-17H2,1H3,(H2,32,33,34,35). The quantitative estimate of drug-likeness (QED) is 0.426. The van der Waals surface area contributed by atoms with Crippen molar-refractivity contribution in [3.63, 3.8) is 0 Å². The fourth-order valence-electron chi connectivity index (χ4n) is 5.31. The number of piperazine rings is 1. The van der Waals surface area contributed by atoms with Crippen LogP contribution in [0.15, 0.2) is 24.4 Å². The van der Waals surface area contributed by atoms with Crippen LogP contribution in [0.5, 0.6) is 0 Å². The molecule has 0 unspecified atom stereocenters. The first-order valence-corrected chi connectivity index (χ1v) is 14.1. The summed E-state index contributed by atoms with van der Waals surface area (Å²) in [6, 6.07) is 6.26. The Morgan fingerprint density at radius 2 is 1.85 bits per heavy atom. The summed E-state index contributed by atoms with van der Waals surface area (Å²) in [5.74, 6) is 0.447. The lowest BCUT2D eigenvalue weighted by Gasteiger charge is -2.34. The highest BCUT2D eigenvalue weighted by molar-refractivity contribution is 5.76. The van der Waals surface area contributed by atoms with Crippen LogP contribution in [0.25, 0.3) is 0 Å². The molecule has 0 bridgehead atoms. The molecular formula is C28H38F3N7O. The third kappa shape index (κ3) is 7.12. The molecule has 1 aliphatic carbocycles. The number of amides is 1. The first-order chi connectivity index (χ1) is 18.8. The SMILES string of the molecule is CN1CCN(c2ccc(Nc3ncc(C(F)(F)F)c(NCCCN4CCCCCC4=O)n3)c(C3CC3)c2)CC1. The molecule has 2 aliphatic heterocycles. The highest BCUT2D eigenvalue weighted by atomic mass is 19.4. The lowest BCUT2D eigenvalue weighted by atomic mass is 10.1. The van der Waals surface area contributed by atoms with Crippen molar-refractivity contribution in [2.45, 2.75) is 57.0 Å². The largest absolute Gasteiger partial charge is 0.421 e. The number of alkyl halides is 3. The van der Waals surface area contributed by atoms with E-state index in [0.717, 1.165) is 75.7 Å². The van der Waals surface area contributed by atoms with Gasteiger partial charge >= 0.3 is 6.18 Å². The lowest BCUT2D eigenvalue weighted by molar-refractivity contribution is -0.137. The van der Waals surface area contributed by atoms with Gasteiger partial charge in [0.05, 0.1) is 0 Å². The number of hydrogen-bond acceptors (Lipinski definition) is 7. The van der Waals surface area contributed by atoms with Crippen molar-refractivity contribution in [2.24, 2.45) is 0 Å². The molecule has 3 aliphatic rings. The molecule has 1 saturated carbocycles. The highest BCUT2D eigenvalue weighted by Gasteiger charge is 2.35. The van der Waals surface area contributed by atoms with Gasteiger partial charge in [-0.2, -0.15) is 18.2 Å².